The van der Waals surface area contributed by atoms with E-state index >= 15 is 0 Å². The number of hydrogen-bond acceptors (Lipinski definition) is 7. The maximum Gasteiger partial charge on any atom is 0.361 e. The molecule has 0 radical (unpaired) electrons. The van der Waals surface area contributed by atoms with E-state index in [2.05, 4.69) is 0 Å². The lowest BCUT2D eigenvalue weighted by Gasteiger charge is -2.37. The average Bonchev–Trinajstić information content (AvgIpc) is 3.17. The fourth-order valence-electron chi connectivity index (χ4n) is 4.60. The summed E-state index contributed by atoms with van der Waals surface area (Å²) < 4.78 is 17.9. The molecule has 4 heterocycles. The fourth-order valence-corrected chi connectivity index (χ4v) is 4.60. The van der Waals surface area contributed by atoms with Crippen molar-refractivity contribution in [2.24, 2.45) is 0 Å². The third kappa shape index (κ3) is 3.15. The number of rotatable bonds is 6. The van der Waals surface area contributed by atoms with Crippen LogP contribution in [0.1, 0.15) is 37.0 Å². The number of esters is 1. The Morgan fingerprint density at radius 3 is 2.79 bits per heavy atom. The van der Waals surface area contributed by atoms with Crippen molar-refractivity contribution in [3.63, 3.8) is 0 Å². The Balaban J connectivity index is 1.72. The van der Waals surface area contributed by atoms with E-state index in [4.69, 9.17) is 19.2 Å². The summed E-state index contributed by atoms with van der Waals surface area (Å²) in [7, 11) is 0. The zero-order chi connectivity index (χ0) is 23.3. The van der Waals surface area contributed by atoms with Gasteiger partial charge >= 0.3 is 11.9 Å². The minimum atomic E-state index is -1.79. The Hall–Kier alpha value is -3.56. The van der Waals surface area contributed by atoms with Crippen LogP contribution in [0.4, 0.5) is 0 Å². The number of cyclic esters (lactones) is 1. The van der Waals surface area contributed by atoms with Crippen molar-refractivity contribution >= 4 is 22.8 Å². The normalized spacial score (nSPS) is 19.5. The lowest BCUT2D eigenvalue weighted by molar-refractivity contribution is -0.237. The third-order valence-electron chi connectivity index (χ3n) is 6.21. The van der Waals surface area contributed by atoms with Crippen LogP contribution >= 0.6 is 0 Å². The number of carboxylic acids is 1. The summed E-state index contributed by atoms with van der Waals surface area (Å²) in [4.78, 5) is 42.9. The maximum atomic E-state index is 13.5. The van der Waals surface area contributed by atoms with E-state index in [1.807, 2.05) is 30.3 Å². The van der Waals surface area contributed by atoms with Gasteiger partial charge in [0.15, 0.2) is 5.60 Å². The molecular weight excluding hydrogens is 428 g/mol. The highest BCUT2D eigenvalue weighted by atomic mass is 16.7. The van der Waals surface area contributed by atoms with Gasteiger partial charge < -0.3 is 23.9 Å². The standard InChI is InChI=1S/C24H22N2O7/c1-3-24(33-22(21(28)29)31-4-2)16-10-18-19-14(9-13-7-5-6-8-17(13)25-19)11-26(18)20(27)15(16)12-32-23(24)30/h5-10,22H,3-4,11-12H2,1-2H3,(H,28,29)/t22?,24-/m0/s1. The molecule has 0 saturated carbocycles. The number of carboxylic acid groups (broad SMARTS) is 1. The molecule has 33 heavy (non-hydrogen) atoms. The van der Waals surface area contributed by atoms with Crippen molar-refractivity contribution in [1.29, 1.82) is 0 Å². The van der Waals surface area contributed by atoms with Crippen LogP contribution in [0.2, 0.25) is 0 Å². The van der Waals surface area contributed by atoms with Crippen LogP contribution in [0.3, 0.4) is 0 Å². The van der Waals surface area contributed by atoms with Gasteiger partial charge in [0.05, 0.1) is 29.0 Å². The molecule has 2 aliphatic rings. The number of aliphatic carboxylic acids is 1. The van der Waals surface area contributed by atoms with Gasteiger partial charge in [0, 0.05) is 23.1 Å². The Kier molecular flexibility index (Phi) is 5.02. The van der Waals surface area contributed by atoms with Gasteiger partial charge in [-0.1, -0.05) is 25.1 Å². The second-order valence-electron chi connectivity index (χ2n) is 8.00. The van der Waals surface area contributed by atoms with E-state index in [1.165, 1.54) is 0 Å². The van der Waals surface area contributed by atoms with E-state index in [0.717, 1.165) is 16.5 Å². The van der Waals surface area contributed by atoms with Gasteiger partial charge in [-0.3, -0.25) is 4.79 Å². The molecule has 0 fully saturated rings. The molecule has 1 aromatic carbocycles. The summed E-state index contributed by atoms with van der Waals surface area (Å²) in [5, 5.41) is 10.5. The predicted octanol–water partition coefficient (Wildman–Crippen LogP) is 2.55. The first-order valence-electron chi connectivity index (χ1n) is 10.7. The fraction of sp³-hybridized carbons (Fsp3) is 0.333. The SMILES string of the molecule is CCOC(O[C@]1(CC)C(=O)OCc2c1cc1n(c2=O)Cc2cc3ccccc3nc2-1)C(=O)O. The van der Waals surface area contributed by atoms with Crippen LogP contribution in [0.15, 0.2) is 41.2 Å². The predicted molar refractivity (Wildman–Crippen MR) is 116 cm³/mol. The number of pyridine rings is 2. The van der Waals surface area contributed by atoms with Gasteiger partial charge in [0.2, 0.25) is 0 Å². The van der Waals surface area contributed by atoms with Crippen molar-refractivity contribution in [2.75, 3.05) is 6.61 Å². The van der Waals surface area contributed by atoms with Crippen LogP contribution < -0.4 is 5.56 Å². The topological polar surface area (TPSA) is 117 Å². The quantitative estimate of drug-likeness (QED) is 0.352. The van der Waals surface area contributed by atoms with E-state index in [9.17, 15) is 19.5 Å². The number of benzene rings is 1. The highest BCUT2D eigenvalue weighted by molar-refractivity contribution is 5.86. The number of para-hydroxylation sites is 1. The minimum Gasteiger partial charge on any atom is -0.477 e. The van der Waals surface area contributed by atoms with Gasteiger partial charge in [0.1, 0.15) is 6.61 Å². The summed E-state index contributed by atoms with van der Waals surface area (Å²) in [6, 6.07) is 11.4. The molecule has 0 spiro atoms. The van der Waals surface area contributed by atoms with Crippen LogP contribution in [-0.2, 0) is 42.6 Å². The number of ether oxygens (including phenoxy) is 3. The summed E-state index contributed by atoms with van der Waals surface area (Å²) in [6.07, 6.45) is -1.64. The molecule has 3 aromatic rings. The lowest BCUT2D eigenvalue weighted by Crippen LogP contribution is -2.50. The highest BCUT2D eigenvalue weighted by Gasteiger charge is 2.50. The molecule has 5 rings (SSSR count). The van der Waals surface area contributed by atoms with E-state index < -0.39 is 23.8 Å². The molecule has 0 saturated heterocycles. The first-order valence-corrected chi connectivity index (χ1v) is 10.7. The van der Waals surface area contributed by atoms with Crippen molar-refractivity contribution in [1.82, 2.24) is 9.55 Å². The largest absolute Gasteiger partial charge is 0.477 e. The van der Waals surface area contributed by atoms with E-state index in [-0.39, 0.29) is 30.8 Å². The number of nitrogens with zero attached hydrogens (tertiary/aromatic N) is 2. The third-order valence-corrected chi connectivity index (χ3v) is 6.21. The van der Waals surface area contributed by atoms with Crippen LogP contribution in [0.25, 0.3) is 22.3 Å². The molecule has 9 heteroatoms. The van der Waals surface area contributed by atoms with Crippen molar-refractivity contribution in [2.45, 2.75) is 45.3 Å². The molecule has 2 aromatic heterocycles. The Morgan fingerprint density at radius 1 is 1.27 bits per heavy atom. The average molecular weight is 450 g/mol. The van der Waals surface area contributed by atoms with E-state index in [1.54, 1.807) is 24.5 Å². The van der Waals surface area contributed by atoms with Crippen molar-refractivity contribution in [3.8, 4) is 11.4 Å². The van der Waals surface area contributed by atoms with Crippen molar-refractivity contribution < 1.29 is 28.9 Å². The summed E-state index contributed by atoms with van der Waals surface area (Å²) in [5.41, 5.74) is 1.33. The summed E-state index contributed by atoms with van der Waals surface area (Å²) in [6.45, 7) is 3.49. The van der Waals surface area contributed by atoms with Crippen LogP contribution in [-0.4, -0.2) is 39.5 Å². The summed E-state index contributed by atoms with van der Waals surface area (Å²) >= 11 is 0. The van der Waals surface area contributed by atoms with Crippen LogP contribution in [0, 0.1) is 0 Å². The molecule has 1 unspecified atom stereocenters. The zero-order valence-corrected chi connectivity index (χ0v) is 18.2. The number of aromatic nitrogens is 2. The second-order valence-corrected chi connectivity index (χ2v) is 8.00. The lowest BCUT2D eigenvalue weighted by atomic mass is 9.85. The summed E-state index contributed by atoms with van der Waals surface area (Å²) in [5.74, 6) is -2.13. The number of hydrogen-bond donors (Lipinski definition) is 1. The first-order chi connectivity index (χ1) is 15.9. The smallest absolute Gasteiger partial charge is 0.361 e. The Morgan fingerprint density at radius 2 is 2.06 bits per heavy atom. The molecule has 2 atom stereocenters. The zero-order valence-electron chi connectivity index (χ0n) is 18.2. The number of carbonyl (C=O) groups is 2. The Labute approximate surface area is 188 Å². The first kappa shape index (κ1) is 21.3. The second kappa shape index (κ2) is 7.79. The maximum absolute atomic E-state index is 13.5. The molecule has 0 bridgehead atoms. The number of carbonyl (C=O) groups excluding carboxylic acids is 1. The van der Waals surface area contributed by atoms with Crippen molar-refractivity contribution in [3.05, 3.63) is 63.4 Å². The molecule has 0 aliphatic carbocycles. The molecular formula is C24H22N2O7. The highest BCUT2D eigenvalue weighted by Crippen LogP contribution is 2.41. The molecule has 1 N–H and O–H groups in total. The number of fused-ring (bicyclic) bond motifs is 5. The van der Waals surface area contributed by atoms with Gasteiger partial charge in [-0.25, -0.2) is 14.6 Å². The molecule has 2 aliphatic heterocycles. The van der Waals surface area contributed by atoms with Gasteiger partial charge in [-0.2, -0.15) is 0 Å². The van der Waals surface area contributed by atoms with Gasteiger partial charge in [-0.15, -0.1) is 0 Å². The molecule has 9 nitrogen and oxygen atoms in total. The van der Waals surface area contributed by atoms with E-state index in [0.29, 0.717) is 23.5 Å². The monoisotopic (exact) mass is 450 g/mol. The van der Waals surface area contributed by atoms with Gasteiger partial charge in [0.25, 0.3) is 11.8 Å². The Bertz CT molecular complexity index is 1360. The molecule has 0 amide bonds. The minimum absolute atomic E-state index is 0.0522. The van der Waals surface area contributed by atoms with Gasteiger partial charge in [-0.05, 0) is 31.5 Å². The molecule has 170 valence electrons. The van der Waals surface area contributed by atoms with Crippen LogP contribution in [0.5, 0.6) is 0 Å².